The van der Waals surface area contributed by atoms with Crippen LogP contribution in [0.3, 0.4) is 0 Å². The molecule has 0 aromatic carbocycles. The van der Waals surface area contributed by atoms with Gasteiger partial charge in [0.2, 0.25) is 0 Å². The van der Waals surface area contributed by atoms with Gasteiger partial charge in [-0.2, -0.15) is 0 Å². The lowest BCUT2D eigenvalue weighted by Crippen LogP contribution is -2.24. The van der Waals surface area contributed by atoms with Crippen LogP contribution in [-0.4, -0.2) is 12.0 Å². The molecular formula is C11H15FN2. The standard InChI is InChI=1S/C11H15FN2/c1-11(3-4-11)10(13-2)8-5-9(12)7-14-6-8/h5-7,10,13H,3-4H2,1-2H3. The normalized spacial score (nSPS) is 20.5. The highest BCUT2D eigenvalue weighted by Crippen LogP contribution is 2.54. The topological polar surface area (TPSA) is 24.9 Å². The van der Waals surface area contributed by atoms with E-state index in [1.807, 2.05) is 7.05 Å². The molecule has 1 heterocycles. The van der Waals surface area contributed by atoms with Crippen LogP contribution in [-0.2, 0) is 0 Å². The van der Waals surface area contributed by atoms with E-state index in [2.05, 4.69) is 17.2 Å². The van der Waals surface area contributed by atoms with E-state index in [0.717, 1.165) is 5.56 Å². The van der Waals surface area contributed by atoms with Gasteiger partial charge in [-0.3, -0.25) is 4.98 Å². The van der Waals surface area contributed by atoms with Crippen molar-refractivity contribution >= 4 is 0 Å². The number of nitrogens with one attached hydrogen (secondary N) is 1. The molecule has 1 unspecified atom stereocenters. The largest absolute Gasteiger partial charge is 0.312 e. The average Bonchev–Trinajstić information content (AvgIpc) is 2.85. The lowest BCUT2D eigenvalue weighted by Gasteiger charge is -2.22. The first kappa shape index (κ1) is 9.59. The van der Waals surface area contributed by atoms with Crippen LogP contribution in [0.2, 0.25) is 0 Å². The Bertz CT molecular complexity index is 334. The fourth-order valence-corrected chi connectivity index (χ4v) is 1.99. The zero-order chi connectivity index (χ0) is 10.2. The van der Waals surface area contributed by atoms with E-state index in [1.165, 1.54) is 19.0 Å². The van der Waals surface area contributed by atoms with Gasteiger partial charge in [-0.15, -0.1) is 0 Å². The lowest BCUT2D eigenvalue weighted by molar-refractivity contribution is 0.388. The molecule has 0 bridgehead atoms. The van der Waals surface area contributed by atoms with Gasteiger partial charge >= 0.3 is 0 Å². The number of halogens is 1. The molecule has 1 atom stereocenters. The first-order valence-electron chi connectivity index (χ1n) is 4.93. The van der Waals surface area contributed by atoms with Crippen molar-refractivity contribution in [2.75, 3.05) is 7.05 Å². The lowest BCUT2D eigenvalue weighted by atomic mass is 9.93. The van der Waals surface area contributed by atoms with Crippen LogP contribution in [0.15, 0.2) is 18.5 Å². The van der Waals surface area contributed by atoms with E-state index < -0.39 is 0 Å². The maximum atomic E-state index is 13.0. The van der Waals surface area contributed by atoms with Gasteiger partial charge in [0.1, 0.15) is 5.82 Å². The van der Waals surface area contributed by atoms with E-state index in [4.69, 9.17) is 0 Å². The molecule has 0 saturated heterocycles. The second kappa shape index (κ2) is 3.31. The van der Waals surface area contributed by atoms with Crippen LogP contribution in [0.25, 0.3) is 0 Å². The summed E-state index contributed by atoms with van der Waals surface area (Å²) in [5.41, 5.74) is 1.25. The molecule has 0 radical (unpaired) electrons. The fourth-order valence-electron chi connectivity index (χ4n) is 1.99. The zero-order valence-corrected chi connectivity index (χ0v) is 8.55. The minimum absolute atomic E-state index is 0.227. The third-order valence-electron chi connectivity index (χ3n) is 3.08. The summed E-state index contributed by atoms with van der Waals surface area (Å²) < 4.78 is 13.0. The Kier molecular flexibility index (Phi) is 2.27. The maximum absolute atomic E-state index is 13.0. The third-order valence-corrected chi connectivity index (χ3v) is 3.08. The monoisotopic (exact) mass is 194 g/mol. The van der Waals surface area contributed by atoms with Gasteiger partial charge in [-0.05, 0) is 36.9 Å². The number of hydrogen-bond acceptors (Lipinski definition) is 2. The zero-order valence-electron chi connectivity index (χ0n) is 8.55. The molecule has 76 valence electrons. The Hall–Kier alpha value is -0.960. The second-order valence-corrected chi connectivity index (χ2v) is 4.31. The summed E-state index contributed by atoms with van der Waals surface area (Å²) in [5.74, 6) is -0.257. The minimum Gasteiger partial charge on any atom is -0.312 e. The van der Waals surface area contributed by atoms with Gasteiger partial charge in [0.25, 0.3) is 0 Å². The molecule has 3 heteroatoms. The summed E-state index contributed by atoms with van der Waals surface area (Å²) in [7, 11) is 1.92. The highest BCUT2D eigenvalue weighted by molar-refractivity contribution is 5.20. The van der Waals surface area contributed by atoms with Gasteiger partial charge in [0, 0.05) is 12.2 Å². The van der Waals surface area contributed by atoms with Crippen molar-refractivity contribution in [3.05, 3.63) is 29.8 Å². The van der Waals surface area contributed by atoms with E-state index in [1.54, 1.807) is 12.3 Å². The van der Waals surface area contributed by atoms with Crippen LogP contribution < -0.4 is 5.32 Å². The smallest absolute Gasteiger partial charge is 0.141 e. The first-order chi connectivity index (χ1) is 6.65. The van der Waals surface area contributed by atoms with Crippen LogP contribution in [0, 0.1) is 11.2 Å². The van der Waals surface area contributed by atoms with Crippen LogP contribution in [0.4, 0.5) is 4.39 Å². The van der Waals surface area contributed by atoms with Gasteiger partial charge in [0.15, 0.2) is 0 Å². The number of pyridine rings is 1. The quantitative estimate of drug-likeness (QED) is 0.798. The predicted octanol–water partition coefficient (Wildman–Crippen LogP) is 2.28. The van der Waals surface area contributed by atoms with E-state index in [0.29, 0.717) is 5.41 Å². The van der Waals surface area contributed by atoms with Gasteiger partial charge in [-0.1, -0.05) is 6.92 Å². The molecule has 1 aromatic rings. The molecule has 0 amide bonds. The van der Waals surface area contributed by atoms with Crippen LogP contribution in [0.1, 0.15) is 31.4 Å². The molecule has 1 fully saturated rings. The first-order valence-corrected chi connectivity index (χ1v) is 4.93. The van der Waals surface area contributed by atoms with Gasteiger partial charge in [0.05, 0.1) is 6.20 Å². The Morgan fingerprint density at radius 3 is 2.71 bits per heavy atom. The third kappa shape index (κ3) is 1.64. The van der Waals surface area contributed by atoms with Crippen molar-refractivity contribution in [2.24, 2.45) is 5.41 Å². The molecule has 0 aliphatic heterocycles. The average molecular weight is 194 g/mol. The number of rotatable bonds is 3. The fraction of sp³-hybridized carbons (Fsp3) is 0.545. The molecular weight excluding hydrogens is 179 g/mol. The highest BCUT2D eigenvalue weighted by atomic mass is 19.1. The second-order valence-electron chi connectivity index (χ2n) is 4.31. The molecule has 1 aromatic heterocycles. The summed E-state index contributed by atoms with van der Waals surface area (Å²) in [5, 5.41) is 3.24. The minimum atomic E-state index is -0.257. The van der Waals surface area contributed by atoms with Gasteiger partial charge < -0.3 is 5.32 Å². The van der Waals surface area contributed by atoms with E-state index in [-0.39, 0.29) is 11.9 Å². The summed E-state index contributed by atoms with van der Waals surface area (Å²) in [6.07, 6.45) is 5.39. The SMILES string of the molecule is CNC(c1cncc(F)c1)C1(C)CC1. The Morgan fingerprint density at radius 2 is 2.21 bits per heavy atom. The van der Waals surface area contributed by atoms with E-state index >= 15 is 0 Å². The molecule has 2 nitrogen and oxygen atoms in total. The number of nitrogens with zero attached hydrogens (tertiary/aromatic N) is 1. The Morgan fingerprint density at radius 1 is 1.50 bits per heavy atom. The van der Waals surface area contributed by atoms with Crippen molar-refractivity contribution in [1.29, 1.82) is 0 Å². The molecule has 0 spiro atoms. The van der Waals surface area contributed by atoms with Crippen molar-refractivity contribution in [2.45, 2.75) is 25.8 Å². The number of aromatic nitrogens is 1. The molecule has 2 rings (SSSR count). The summed E-state index contributed by atoms with van der Waals surface area (Å²) in [4.78, 5) is 3.88. The maximum Gasteiger partial charge on any atom is 0.141 e. The highest BCUT2D eigenvalue weighted by Gasteiger charge is 2.44. The van der Waals surface area contributed by atoms with Gasteiger partial charge in [-0.25, -0.2) is 4.39 Å². The molecule has 14 heavy (non-hydrogen) atoms. The summed E-state index contributed by atoms with van der Waals surface area (Å²) in [6.45, 7) is 2.22. The van der Waals surface area contributed by atoms with Crippen molar-refractivity contribution in [1.82, 2.24) is 10.3 Å². The van der Waals surface area contributed by atoms with E-state index in [9.17, 15) is 4.39 Å². The molecule has 1 saturated carbocycles. The molecule has 1 N–H and O–H groups in total. The predicted molar refractivity (Wildman–Crippen MR) is 53.3 cm³/mol. The van der Waals surface area contributed by atoms with Crippen LogP contribution in [0.5, 0.6) is 0 Å². The Balaban J connectivity index is 2.27. The molecule has 1 aliphatic rings. The summed E-state index contributed by atoms with van der Waals surface area (Å²) in [6, 6.07) is 1.79. The molecule has 1 aliphatic carbocycles. The Labute approximate surface area is 83.6 Å². The number of hydrogen-bond donors (Lipinski definition) is 1. The van der Waals surface area contributed by atoms with Crippen molar-refractivity contribution < 1.29 is 4.39 Å². The van der Waals surface area contributed by atoms with Crippen LogP contribution >= 0.6 is 0 Å². The summed E-state index contributed by atoms with van der Waals surface area (Å²) >= 11 is 0. The van der Waals surface area contributed by atoms with Crippen molar-refractivity contribution in [3.63, 3.8) is 0 Å². The van der Waals surface area contributed by atoms with Crippen molar-refractivity contribution in [3.8, 4) is 0 Å².